The van der Waals surface area contributed by atoms with Gasteiger partial charge in [-0.1, -0.05) is 133 Å². The second-order valence-corrected chi connectivity index (χ2v) is 11.2. The van der Waals surface area contributed by atoms with E-state index in [2.05, 4.69) is 0 Å². The highest BCUT2D eigenvalue weighted by molar-refractivity contribution is 6.12. The van der Waals surface area contributed by atoms with Gasteiger partial charge in [-0.2, -0.15) is 0 Å². The van der Waals surface area contributed by atoms with Gasteiger partial charge in [0.05, 0.1) is 53.6 Å². The third kappa shape index (κ3) is 4.57. The zero-order valence-electron chi connectivity index (χ0n) is 48.6. The van der Waals surface area contributed by atoms with Crippen LogP contribution < -0.4 is 0 Å². The van der Waals surface area contributed by atoms with E-state index >= 15 is 0 Å². The maximum atomic E-state index is 9.84. The summed E-state index contributed by atoms with van der Waals surface area (Å²) >= 11 is 0. The molecule has 0 saturated carbocycles. The molecule has 0 bridgehead atoms. The summed E-state index contributed by atoms with van der Waals surface area (Å²) in [5.74, 6) is 0. The number of aromatic nitrogens is 2. The van der Waals surface area contributed by atoms with Crippen molar-refractivity contribution in [3.63, 3.8) is 0 Å². The SMILES string of the molecule is [2H]c1c([2H])c([2H])c(-c2c([2H])c([2H])c(-n3c4c([2H])c([2H])c([2H])c([2H])c4c4c([2H])c(-c5c([2H])c([2H])c6c(c5[2H])c5c([2H])c([2H])c([2H])c([2H])c5n6-c5cccc(-c6ccccc6)c5)c([2H])c([2H])c43)c([2H])c2[2H])c([2H])c1[2H]. The van der Waals surface area contributed by atoms with Gasteiger partial charge in [-0.15, -0.1) is 0 Å². The summed E-state index contributed by atoms with van der Waals surface area (Å²) in [6.07, 6.45) is 0. The van der Waals surface area contributed by atoms with E-state index in [4.69, 9.17) is 20.6 Å². The molecule has 0 N–H and O–H groups in total. The van der Waals surface area contributed by atoms with Crippen molar-refractivity contribution in [2.45, 2.75) is 0 Å². The van der Waals surface area contributed by atoms with Crippen LogP contribution in [0.4, 0.5) is 0 Å². The van der Waals surface area contributed by atoms with Crippen LogP contribution in [0.1, 0.15) is 31.5 Å². The third-order valence-corrected chi connectivity index (χ3v) is 8.36. The van der Waals surface area contributed by atoms with Crippen LogP contribution in [0.15, 0.2) is 194 Å². The molecule has 2 heterocycles. The number of fused-ring (bicyclic) bond motifs is 6. The van der Waals surface area contributed by atoms with E-state index in [1.807, 2.05) is 30.3 Å². The minimum absolute atomic E-state index is 0.157. The van der Waals surface area contributed by atoms with E-state index in [0.29, 0.717) is 11.3 Å². The summed E-state index contributed by atoms with van der Waals surface area (Å²) in [5, 5.41) is -1.56. The van der Waals surface area contributed by atoms with Crippen LogP contribution in [0.2, 0.25) is 0 Å². The molecule has 8 aromatic carbocycles. The predicted octanol–water partition coefficient (Wildman–Crippen LogP) is 12.9. The molecule has 0 amide bonds. The first-order valence-electron chi connectivity index (χ1n) is 26.8. The molecule has 0 aliphatic heterocycles. The Labute approximate surface area is 323 Å². The molecule has 0 radical (unpaired) electrons. The fourth-order valence-electron chi connectivity index (χ4n) is 6.13. The quantitative estimate of drug-likeness (QED) is 0.174. The van der Waals surface area contributed by atoms with Crippen LogP contribution in [0, 0.1) is 0 Å². The highest BCUT2D eigenvalue weighted by atomic mass is 15.0. The van der Waals surface area contributed by atoms with Crippen molar-refractivity contribution >= 4 is 43.6 Å². The Bertz CT molecular complexity index is 4120. The van der Waals surface area contributed by atoms with Crippen molar-refractivity contribution in [3.05, 3.63) is 194 Å². The molecular weight excluding hydrogens is 605 g/mol. The van der Waals surface area contributed by atoms with Gasteiger partial charge in [0.2, 0.25) is 0 Å². The number of rotatable bonds is 5. The molecule has 0 saturated heterocycles. The van der Waals surface area contributed by atoms with Crippen LogP contribution in [0.25, 0.3) is 88.4 Å². The van der Waals surface area contributed by atoms with Crippen LogP contribution >= 0.6 is 0 Å². The Hall–Kier alpha value is -6.64. The van der Waals surface area contributed by atoms with Crippen LogP contribution in [-0.2, 0) is 0 Å². The van der Waals surface area contributed by atoms with Crippen molar-refractivity contribution < 1.29 is 31.5 Å². The van der Waals surface area contributed by atoms with Crippen molar-refractivity contribution in [1.82, 2.24) is 9.13 Å². The van der Waals surface area contributed by atoms with Gasteiger partial charge in [-0.25, -0.2) is 0 Å². The van der Waals surface area contributed by atoms with Gasteiger partial charge in [0.1, 0.15) is 0 Å². The Balaban J connectivity index is 1.35. The fourth-order valence-corrected chi connectivity index (χ4v) is 6.13. The van der Waals surface area contributed by atoms with Crippen molar-refractivity contribution in [1.29, 1.82) is 0 Å². The Kier molecular flexibility index (Phi) is 3.15. The summed E-state index contributed by atoms with van der Waals surface area (Å²) < 4.78 is 209. The monoisotopic (exact) mass is 659 g/mol. The lowest BCUT2D eigenvalue weighted by molar-refractivity contribution is 1.18. The largest absolute Gasteiger partial charge is 0.309 e. The third-order valence-electron chi connectivity index (χ3n) is 8.36. The first-order valence-corrected chi connectivity index (χ1v) is 15.3. The van der Waals surface area contributed by atoms with Crippen LogP contribution in [-0.4, -0.2) is 9.13 Å². The van der Waals surface area contributed by atoms with Gasteiger partial charge in [-0.05, 0) is 93.9 Å². The second kappa shape index (κ2) is 11.5. The van der Waals surface area contributed by atoms with Gasteiger partial charge in [0.25, 0.3) is 0 Å². The average molecular weight is 660 g/mol. The molecule has 10 aromatic rings. The predicted molar refractivity (Wildman–Crippen MR) is 211 cm³/mol. The van der Waals surface area contributed by atoms with Crippen molar-refractivity contribution in [2.24, 2.45) is 0 Å². The average Bonchev–Trinajstić information content (AvgIpc) is 3.93. The highest BCUT2D eigenvalue weighted by Crippen LogP contribution is 2.39. The molecule has 0 fully saturated rings. The zero-order valence-corrected chi connectivity index (χ0v) is 25.6. The van der Waals surface area contributed by atoms with E-state index in [1.54, 1.807) is 24.3 Å². The topological polar surface area (TPSA) is 9.86 Å². The molecule has 2 aromatic heterocycles. The summed E-state index contributed by atoms with van der Waals surface area (Å²) in [4.78, 5) is 0. The zero-order chi connectivity index (χ0) is 53.0. The van der Waals surface area contributed by atoms with E-state index in [1.165, 1.54) is 4.57 Å². The first kappa shape index (κ1) is 13.7. The molecule has 234 valence electrons. The summed E-state index contributed by atoms with van der Waals surface area (Å²) in [6.45, 7) is 0. The molecule has 0 unspecified atom stereocenters. The lowest BCUT2D eigenvalue weighted by Crippen LogP contribution is -1.94. The van der Waals surface area contributed by atoms with Gasteiger partial charge in [-0.3, -0.25) is 0 Å². The standard InChI is InChI=1S/C48H32N2/c1-3-12-33(13-4-1)35-22-26-39(27-23-35)49-45-20-9-7-18-41(45)43-31-37(24-28-47(43)49)38-25-29-48-44(32-38)42-19-8-10-21-46(42)50(48)40-17-11-16-36(30-40)34-14-5-2-6-15-34/h1-32H/i1D,3D,4D,7D,8D,9D,10D,12D,13D,18D,19D,20D,21D,22D,23D,24D,25D,26D,27D,28D,29D,31D,32D. The van der Waals surface area contributed by atoms with E-state index in [9.17, 15) is 11.0 Å². The lowest BCUT2D eigenvalue weighted by Gasteiger charge is -2.11. The van der Waals surface area contributed by atoms with Gasteiger partial charge < -0.3 is 9.13 Å². The molecule has 0 atom stereocenters. The minimum atomic E-state index is -0.975. The highest BCUT2D eigenvalue weighted by Gasteiger charge is 2.16. The molecular formula is C48H32N2. The number of nitrogens with zero attached hydrogens (tertiary/aromatic N) is 2. The number of benzene rings is 8. The van der Waals surface area contributed by atoms with Gasteiger partial charge >= 0.3 is 0 Å². The van der Waals surface area contributed by atoms with E-state index < -0.39 is 189 Å². The first-order chi connectivity index (χ1) is 34.4. The summed E-state index contributed by atoms with van der Waals surface area (Å²) in [7, 11) is 0. The smallest absolute Gasteiger partial charge is 0.0645 e. The number of para-hydroxylation sites is 2. The second-order valence-electron chi connectivity index (χ2n) is 11.2. The maximum absolute atomic E-state index is 9.84. The summed E-state index contributed by atoms with van der Waals surface area (Å²) in [6, 6.07) is -2.66. The number of hydrogen-bond donors (Lipinski definition) is 0. The van der Waals surface area contributed by atoms with E-state index in [0.717, 1.165) is 10.1 Å². The Morgan fingerprint density at radius 1 is 0.320 bits per heavy atom. The molecule has 50 heavy (non-hydrogen) atoms. The minimum Gasteiger partial charge on any atom is -0.309 e. The molecule has 2 heteroatoms. The molecule has 0 spiro atoms. The number of hydrogen-bond acceptors (Lipinski definition) is 0. The molecule has 2 nitrogen and oxygen atoms in total. The van der Waals surface area contributed by atoms with Crippen molar-refractivity contribution in [3.8, 4) is 44.8 Å². The molecule has 10 rings (SSSR count). The van der Waals surface area contributed by atoms with Gasteiger partial charge in [0.15, 0.2) is 0 Å². The fraction of sp³-hybridized carbons (Fsp3) is 0. The Morgan fingerprint density at radius 3 is 1.46 bits per heavy atom. The normalized spacial score (nSPS) is 18.0. The lowest BCUT2D eigenvalue weighted by atomic mass is 10.0. The maximum Gasteiger partial charge on any atom is 0.0645 e. The van der Waals surface area contributed by atoms with Crippen LogP contribution in [0.5, 0.6) is 0 Å². The molecule has 0 aliphatic carbocycles. The van der Waals surface area contributed by atoms with Crippen molar-refractivity contribution in [2.75, 3.05) is 0 Å². The summed E-state index contributed by atoms with van der Waals surface area (Å²) in [5.41, 5.74) is -3.23. The van der Waals surface area contributed by atoms with E-state index in [-0.39, 0.29) is 21.8 Å². The Morgan fingerprint density at radius 2 is 0.820 bits per heavy atom. The van der Waals surface area contributed by atoms with Gasteiger partial charge in [0, 0.05) is 32.9 Å². The van der Waals surface area contributed by atoms with Crippen LogP contribution in [0.3, 0.4) is 0 Å². The molecule has 0 aliphatic rings.